The molecule has 0 aromatic heterocycles. The predicted molar refractivity (Wildman–Crippen MR) is 193 cm³/mol. The fourth-order valence-corrected chi connectivity index (χ4v) is 4.52. The molecule has 1 N–H and O–H groups in total. The summed E-state index contributed by atoms with van der Waals surface area (Å²) >= 11 is 0. The lowest BCUT2D eigenvalue weighted by molar-refractivity contribution is -0.150. The van der Waals surface area contributed by atoms with Crippen LogP contribution in [0.4, 0.5) is 9.59 Å². The van der Waals surface area contributed by atoms with E-state index in [1.165, 1.54) is 6.20 Å². The largest absolute Gasteiger partial charge is 0.466 e. The molecule has 0 saturated carbocycles. The molecule has 0 fully saturated rings. The molecule has 0 aliphatic carbocycles. The Hall–Kier alpha value is -5.40. The van der Waals surface area contributed by atoms with Crippen LogP contribution in [-0.2, 0) is 60.8 Å². The SMILES string of the molecule is CCOC(=O)C1=CN(C(=O)OC(C)(C)C)[C@H](C(=O)OCc2ccccc2)C1.CCOC(=O)CC[C@H](NC(=O)OC(C)(C)C)C(=O)OCc1ccccc1. The monoisotopic (exact) mass is 740 g/mol. The molecule has 0 bridgehead atoms. The third-order valence-corrected chi connectivity index (χ3v) is 6.82. The van der Waals surface area contributed by atoms with E-state index in [-0.39, 0.29) is 51.3 Å². The second kappa shape index (κ2) is 21.2. The van der Waals surface area contributed by atoms with Gasteiger partial charge in [0.05, 0.1) is 18.8 Å². The molecular weight excluding hydrogens is 688 g/mol. The van der Waals surface area contributed by atoms with Crippen molar-refractivity contribution in [2.75, 3.05) is 13.2 Å². The van der Waals surface area contributed by atoms with Gasteiger partial charge in [0.1, 0.15) is 36.5 Å². The minimum Gasteiger partial charge on any atom is -0.466 e. The molecule has 2 aromatic rings. The molecule has 0 unspecified atom stereocenters. The van der Waals surface area contributed by atoms with E-state index in [2.05, 4.69) is 5.32 Å². The van der Waals surface area contributed by atoms with Crippen molar-refractivity contribution in [3.05, 3.63) is 83.6 Å². The number of esters is 4. The number of alkyl carbamates (subject to hydrolysis) is 1. The number of hydrogen-bond acceptors (Lipinski definition) is 12. The van der Waals surface area contributed by atoms with E-state index in [1.54, 1.807) is 55.4 Å². The van der Waals surface area contributed by atoms with Crippen molar-refractivity contribution < 1.29 is 57.2 Å². The van der Waals surface area contributed by atoms with Crippen LogP contribution in [-0.4, -0.2) is 77.5 Å². The van der Waals surface area contributed by atoms with Crippen LogP contribution < -0.4 is 5.32 Å². The average Bonchev–Trinajstić information content (AvgIpc) is 3.54. The van der Waals surface area contributed by atoms with Crippen molar-refractivity contribution in [1.82, 2.24) is 10.2 Å². The third-order valence-electron chi connectivity index (χ3n) is 6.82. The van der Waals surface area contributed by atoms with E-state index in [0.29, 0.717) is 0 Å². The molecule has 290 valence electrons. The quantitative estimate of drug-likeness (QED) is 0.184. The average molecular weight is 741 g/mol. The van der Waals surface area contributed by atoms with Gasteiger partial charge in [-0.2, -0.15) is 0 Å². The van der Waals surface area contributed by atoms with Crippen molar-refractivity contribution in [2.45, 2.75) is 111 Å². The Morgan fingerprint density at radius 2 is 1.26 bits per heavy atom. The van der Waals surface area contributed by atoms with Gasteiger partial charge < -0.3 is 33.7 Å². The van der Waals surface area contributed by atoms with Gasteiger partial charge in [0, 0.05) is 19.0 Å². The third kappa shape index (κ3) is 17.1. The van der Waals surface area contributed by atoms with Gasteiger partial charge in [0.15, 0.2) is 0 Å². The van der Waals surface area contributed by atoms with E-state index < -0.39 is 59.3 Å². The maximum absolute atomic E-state index is 12.6. The molecule has 1 heterocycles. The van der Waals surface area contributed by atoms with Crippen molar-refractivity contribution in [3.8, 4) is 0 Å². The van der Waals surface area contributed by atoms with E-state index >= 15 is 0 Å². The summed E-state index contributed by atoms with van der Waals surface area (Å²) in [5.41, 5.74) is 0.428. The smallest absolute Gasteiger partial charge is 0.415 e. The molecule has 0 spiro atoms. The molecule has 2 aromatic carbocycles. The normalized spacial score (nSPS) is 14.3. The number of carbonyl (C=O) groups is 6. The van der Waals surface area contributed by atoms with E-state index in [4.69, 9.17) is 28.4 Å². The summed E-state index contributed by atoms with van der Waals surface area (Å²) in [6, 6.07) is 16.4. The van der Waals surface area contributed by atoms with E-state index in [9.17, 15) is 28.8 Å². The van der Waals surface area contributed by atoms with Gasteiger partial charge in [-0.05, 0) is 72.9 Å². The number of ether oxygens (including phenoxy) is 6. The standard InChI is InChI=1S/C20H25NO6.C19H27NO6/c1-5-25-17(22)15-11-16(21(12-15)19(24)27-20(2,3)4)18(23)26-13-14-9-7-6-8-10-14;1-5-24-16(21)12-11-15(20-18(23)26-19(2,3)4)17(22)25-13-14-9-7-6-8-10-14/h6-10,12,16H,5,11,13H2,1-4H3;6-10,15H,5,11-13H2,1-4H3,(H,20,23)/t16-;15-/m00/s1. The number of benzene rings is 2. The number of nitrogens with zero attached hydrogens (tertiary/aromatic N) is 1. The first-order valence-corrected chi connectivity index (χ1v) is 17.4. The van der Waals surface area contributed by atoms with Crippen LogP contribution in [0.1, 0.15) is 85.8 Å². The Bertz CT molecular complexity index is 1550. The molecule has 3 rings (SSSR count). The van der Waals surface area contributed by atoms with E-state index in [0.717, 1.165) is 16.0 Å². The summed E-state index contributed by atoms with van der Waals surface area (Å²) in [5.74, 6) is -2.26. The number of hydrogen-bond donors (Lipinski definition) is 1. The number of carbonyl (C=O) groups excluding carboxylic acids is 6. The molecule has 2 amide bonds. The zero-order chi connectivity index (χ0) is 39.6. The first kappa shape index (κ1) is 43.8. The summed E-state index contributed by atoms with van der Waals surface area (Å²) in [4.78, 5) is 74.0. The summed E-state index contributed by atoms with van der Waals surface area (Å²) in [5, 5.41) is 2.46. The second-order valence-electron chi connectivity index (χ2n) is 13.7. The highest BCUT2D eigenvalue weighted by molar-refractivity contribution is 5.94. The minimum atomic E-state index is -1.00. The predicted octanol–water partition coefficient (Wildman–Crippen LogP) is 6.15. The van der Waals surface area contributed by atoms with Crippen LogP contribution in [0.2, 0.25) is 0 Å². The van der Waals surface area contributed by atoms with Crippen LogP contribution in [0.25, 0.3) is 0 Å². The minimum absolute atomic E-state index is 0.0191. The lowest BCUT2D eigenvalue weighted by atomic mass is 10.1. The molecule has 0 radical (unpaired) electrons. The topological polar surface area (TPSA) is 173 Å². The highest BCUT2D eigenvalue weighted by Crippen LogP contribution is 2.26. The maximum atomic E-state index is 12.6. The molecule has 1 aliphatic heterocycles. The molecule has 53 heavy (non-hydrogen) atoms. The number of amides is 2. The van der Waals surface area contributed by atoms with Gasteiger partial charge in [-0.1, -0.05) is 60.7 Å². The van der Waals surface area contributed by atoms with Crippen LogP contribution in [0.3, 0.4) is 0 Å². The number of nitrogens with one attached hydrogen (secondary N) is 1. The fraction of sp³-hybridized carbons (Fsp3) is 0.487. The van der Waals surface area contributed by atoms with Crippen molar-refractivity contribution in [3.63, 3.8) is 0 Å². The summed E-state index contributed by atoms with van der Waals surface area (Å²) < 4.78 is 30.9. The van der Waals surface area contributed by atoms with Crippen molar-refractivity contribution >= 4 is 36.1 Å². The summed E-state index contributed by atoms with van der Waals surface area (Å²) in [6.45, 7) is 14.3. The molecular formula is C39H52N2O12. The first-order chi connectivity index (χ1) is 24.9. The lowest BCUT2D eigenvalue weighted by Gasteiger charge is -2.26. The molecule has 1 aliphatic rings. The zero-order valence-corrected chi connectivity index (χ0v) is 31.8. The van der Waals surface area contributed by atoms with Crippen LogP contribution in [0.5, 0.6) is 0 Å². The zero-order valence-electron chi connectivity index (χ0n) is 31.8. The first-order valence-electron chi connectivity index (χ1n) is 17.4. The Labute approximate surface area is 311 Å². The second-order valence-corrected chi connectivity index (χ2v) is 13.7. The highest BCUT2D eigenvalue weighted by Gasteiger charge is 2.40. The Kier molecular flexibility index (Phi) is 17.5. The molecule has 14 nitrogen and oxygen atoms in total. The van der Waals surface area contributed by atoms with Gasteiger partial charge in [-0.15, -0.1) is 0 Å². The molecule has 14 heteroatoms. The van der Waals surface area contributed by atoms with Gasteiger partial charge in [-0.3, -0.25) is 9.69 Å². The maximum Gasteiger partial charge on any atom is 0.415 e. The Morgan fingerprint density at radius 3 is 1.77 bits per heavy atom. The Balaban J connectivity index is 0.000000367. The molecule has 0 saturated heterocycles. The van der Waals surface area contributed by atoms with Gasteiger partial charge in [0.2, 0.25) is 0 Å². The summed E-state index contributed by atoms with van der Waals surface area (Å²) in [6.07, 6.45) is -0.0985. The van der Waals surface area contributed by atoms with Gasteiger partial charge in [0.25, 0.3) is 0 Å². The van der Waals surface area contributed by atoms with Gasteiger partial charge >= 0.3 is 36.1 Å². The van der Waals surface area contributed by atoms with Crippen LogP contribution >= 0.6 is 0 Å². The van der Waals surface area contributed by atoms with Crippen molar-refractivity contribution in [2.24, 2.45) is 0 Å². The van der Waals surface area contributed by atoms with Crippen LogP contribution in [0, 0.1) is 0 Å². The van der Waals surface area contributed by atoms with Crippen LogP contribution in [0.15, 0.2) is 72.4 Å². The van der Waals surface area contributed by atoms with Gasteiger partial charge in [-0.25, -0.2) is 24.0 Å². The number of rotatable bonds is 13. The Morgan fingerprint density at radius 1 is 0.736 bits per heavy atom. The fourth-order valence-electron chi connectivity index (χ4n) is 4.52. The summed E-state index contributed by atoms with van der Waals surface area (Å²) in [7, 11) is 0. The molecule has 2 atom stereocenters. The highest BCUT2D eigenvalue weighted by atomic mass is 16.6. The van der Waals surface area contributed by atoms with Crippen molar-refractivity contribution in [1.29, 1.82) is 0 Å². The lowest BCUT2D eigenvalue weighted by Crippen LogP contribution is -2.44. The van der Waals surface area contributed by atoms with E-state index in [1.807, 2.05) is 60.7 Å².